The second kappa shape index (κ2) is 6.15. The van der Waals surface area contributed by atoms with E-state index < -0.39 is 0 Å². The monoisotopic (exact) mass is 334 g/mol. The minimum atomic E-state index is -0.216. The van der Waals surface area contributed by atoms with E-state index in [0.29, 0.717) is 6.42 Å². The van der Waals surface area contributed by atoms with Gasteiger partial charge in [0.1, 0.15) is 5.76 Å². The number of nitrogens with zero attached hydrogens (tertiary/aromatic N) is 2. The van der Waals surface area contributed by atoms with Crippen molar-refractivity contribution in [3.05, 3.63) is 22.6 Å². The van der Waals surface area contributed by atoms with Crippen molar-refractivity contribution in [2.45, 2.75) is 57.0 Å². The van der Waals surface area contributed by atoms with Gasteiger partial charge >= 0.3 is 0 Å². The molecule has 3 rings (SSSR count). The van der Waals surface area contributed by atoms with Gasteiger partial charge in [-0.1, -0.05) is 0 Å². The van der Waals surface area contributed by atoms with Crippen LogP contribution in [0.1, 0.15) is 49.8 Å². The number of ketones is 2. The van der Waals surface area contributed by atoms with Crippen molar-refractivity contribution >= 4 is 23.3 Å². The summed E-state index contributed by atoms with van der Waals surface area (Å²) in [5.41, 5.74) is 2.01. The molecule has 0 aliphatic heterocycles. The van der Waals surface area contributed by atoms with Gasteiger partial charge in [0.15, 0.2) is 11.6 Å². The van der Waals surface area contributed by atoms with Crippen LogP contribution in [-0.2, 0) is 16.1 Å². The molecule has 0 radical (unpaired) electrons. The summed E-state index contributed by atoms with van der Waals surface area (Å²) in [6.07, 6.45) is 4.30. The van der Waals surface area contributed by atoms with Gasteiger partial charge in [-0.2, -0.15) is 5.10 Å². The molecule has 1 N–H and O–H groups in total. The Labute approximate surface area is 140 Å². The van der Waals surface area contributed by atoms with Gasteiger partial charge in [0.2, 0.25) is 0 Å². The molecule has 2 aliphatic carbocycles. The Morgan fingerprint density at radius 3 is 2.61 bits per heavy atom. The summed E-state index contributed by atoms with van der Waals surface area (Å²) < 4.78 is 1.94. The fraction of sp³-hybridized carbons (Fsp3) is 0.588. The van der Waals surface area contributed by atoms with E-state index in [1.807, 2.05) is 24.8 Å². The molecule has 1 aromatic heterocycles. The van der Waals surface area contributed by atoms with Crippen molar-refractivity contribution in [2.75, 3.05) is 6.26 Å². The summed E-state index contributed by atoms with van der Waals surface area (Å²) in [6, 6.07) is 0. The van der Waals surface area contributed by atoms with Crippen LogP contribution in [0.15, 0.2) is 16.4 Å². The van der Waals surface area contributed by atoms with Crippen LogP contribution < -0.4 is 0 Å². The number of hydrogen-bond acceptors (Lipinski definition) is 5. The van der Waals surface area contributed by atoms with E-state index in [0.717, 1.165) is 35.7 Å². The van der Waals surface area contributed by atoms with Crippen molar-refractivity contribution in [1.82, 2.24) is 9.78 Å². The molecule has 0 spiro atoms. The minimum Gasteiger partial charge on any atom is -0.511 e. The maximum atomic E-state index is 12.5. The van der Waals surface area contributed by atoms with Crippen LogP contribution in [-0.4, -0.2) is 32.7 Å². The zero-order valence-electron chi connectivity index (χ0n) is 13.8. The number of carbonyl (C=O) groups is 2. The molecule has 124 valence electrons. The molecule has 1 saturated carbocycles. The Morgan fingerprint density at radius 1 is 1.39 bits per heavy atom. The maximum Gasteiger partial charge on any atom is 0.172 e. The lowest BCUT2D eigenvalue weighted by atomic mass is 9.81. The highest BCUT2D eigenvalue weighted by molar-refractivity contribution is 7.98. The molecule has 0 saturated heterocycles. The smallest absolute Gasteiger partial charge is 0.172 e. The topological polar surface area (TPSA) is 72.2 Å². The third kappa shape index (κ3) is 2.84. The summed E-state index contributed by atoms with van der Waals surface area (Å²) in [4.78, 5) is 24.7. The summed E-state index contributed by atoms with van der Waals surface area (Å²) in [7, 11) is 0. The number of Topliss-reactive ketones (excluding diaryl/α,β-unsaturated/α-hetero) is 2. The van der Waals surface area contributed by atoms with Crippen molar-refractivity contribution in [3.63, 3.8) is 0 Å². The largest absolute Gasteiger partial charge is 0.511 e. The van der Waals surface area contributed by atoms with Crippen molar-refractivity contribution < 1.29 is 14.7 Å². The molecule has 5 nitrogen and oxygen atoms in total. The number of aliphatic hydroxyl groups excluding tert-OH is 1. The van der Waals surface area contributed by atoms with Gasteiger partial charge in [-0.25, -0.2) is 0 Å². The van der Waals surface area contributed by atoms with Crippen LogP contribution >= 0.6 is 11.8 Å². The fourth-order valence-electron chi connectivity index (χ4n) is 3.40. The average Bonchev–Trinajstić information content (AvgIpc) is 3.29. The van der Waals surface area contributed by atoms with Gasteiger partial charge in [0.25, 0.3) is 0 Å². The highest BCUT2D eigenvalue weighted by Crippen LogP contribution is 2.42. The number of hydrogen-bond donors (Lipinski definition) is 1. The predicted octanol–water partition coefficient (Wildman–Crippen LogP) is 3.17. The lowest BCUT2D eigenvalue weighted by Gasteiger charge is -2.23. The lowest BCUT2D eigenvalue weighted by molar-refractivity contribution is -0.123. The Hall–Kier alpha value is -1.56. The molecule has 0 amide bonds. The first-order chi connectivity index (χ1) is 11.0. The van der Waals surface area contributed by atoms with Crippen LogP contribution in [0.25, 0.3) is 0 Å². The number of thioether (sulfide) groups is 1. The Morgan fingerprint density at radius 2 is 2.09 bits per heavy atom. The van der Waals surface area contributed by atoms with Gasteiger partial charge in [-0.3, -0.25) is 14.3 Å². The highest BCUT2D eigenvalue weighted by atomic mass is 32.2. The third-order valence-corrected chi connectivity index (χ3v) is 5.48. The zero-order chi connectivity index (χ0) is 16.7. The fourth-order valence-corrected chi connectivity index (χ4v) is 4.32. The summed E-state index contributed by atoms with van der Waals surface area (Å²) in [6.45, 7) is 4.74. The van der Waals surface area contributed by atoms with Crippen LogP contribution in [0.3, 0.4) is 0 Å². The number of carbonyl (C=O) groups excluding carboxylic acids is 2. The van der Waals surface area contributed by atoms with E-state index in [1.54, 1.807) is 11.8 Å². The lowest BCUT2D eigenvalue weighted by Crippen LogP contribution is -2.25. The number of aliphatic hydroxyl groups is 1. The molecule has 0 bridgehead atoms. The first-order valence-electron chi connectivity index (χ1n) is 8.08. The van der Waals surface area contributed by atoms with Gasteiger partial charge in [0.05, 0.1) is 16.3 Å². The quantitative estimate of drug-likeness (QED) is 0.661. The van der Waals surface area contributed by atoms with E-state index in [1.165, 1.54) is 0 Å². The molecule has 2 aliphatic rings. The first-order valence-corrected chi connectivity index (χ1v) is 9.31. The number of aromatic nitrogens is 2. The Balaban J connectivity index is 1.94. The Kier molecular flexibility index (Phi) is 4.36. The van der Waals surface area contributed by atoms with E-state index >= 15 is 0 Å². The van der Waals surface area contributed by atoms with Crippen LogP contribution in [0, 0.1) is 12.8 Å². The van der Waals surface area contributed by atoms with E-state index in [9.17, 15) is 14.7 Å². The normalized spacial score (nSPS) is 21.9. The van der Waals surface area contributed by atoms with Crippen molar-refractivity contribution in [1.29, 1.82) is 0 Å². The second-order valence-electron chi connectivity index (χ2n) is 6.31. The SMILES string of the molecule is CCn1nc(C)c(C2CC(=O)C(C(=O)C3CC3)=C(O)C2)c1SC. The van der Waals surface area contributed by atoms with Gasteiger partial charge < -0.3 is 5.11 Å². The van der Waals surface area contributed by atoms with Gasteiger partial charge in [-0.15, -0.1) is 11.8 Å². The molecule has 23 heavy (non-hydrogen) atoms. The summed E-state index contributed by atoms with van der Waals surface area (Å²) >= 11 is 1.61. The average molecular weight is 334 g/mol. The molecular formula is C17H22N2O3S. The van der Waals surface area contributed by atoms with Crippen molar-refractivity contribution in [3.8, 4) is 0 Å². The molecule has 1 heterocycles. The Bertz CT molecular complexity index is 701. The first kappa shape index (κ1) is 16.3. The van der Waals surface area contributed by atoms with E-state index in [4.69, 9.17) is 0 Å². The van der Waals surface area contributed by atoms with Crippen LogP contribution in [0.5, 0.6) is 0 Å². The molecule has 1 unspecified atom stereocenters. The molecule has 6 heteroatoms. The van der Waals surface area contributed by atoms with E-state index in [2.05, 4.69) is 5.10 Å². The summed E-state index contributed by atoms with van der Waals surface area (Å²) in [5, 5.41) is 15.9. The molecule has 1 aromatic rings. The highest BCUT2D eigenvalue weighted by Gasteiger charge is 2.40. The van der Waals surface area contributed by atoms with Crippen molar-refractivity contribution in [2.24, 2.45) is 5.92 Å². The summed E-state index contributed by atoms with van der Waals surface area (Å²) in [5.74, 6) is -0.540. The number of aryl methyl sites for hydroxylation is 2. The molecule has 0 aromatic carbocycles. The second-order valence-corrected chi connectivity index (χ2v) is 7.11. The van der Waals surface area contributed by atoms with Gasteiger partial charge in [0, 0.05) is 36.8 Å². The molecular weight excluding hydrogens is 312 g/mol. The van der Waals surface area contributed by atoms with Crippen LogP contribution in [0.2, 0.25) is 0 Å². The molecule has 1 fully saturated rings. The number of allylic oxidation sites excluding steroid dienone is 2. The standard InChI is InChI=1S/C17H22N2O3S/c1-4-19-17(23-3)14(9(2)18-19)11-7-12(20)15(13(21)8-11)16(22)10-5-6-10/h10-11,20H,4-8H2,1-3H3. The van der Waals surface area contributed by atoms with Crippen LogP contribution in [0.4, 0.5) is 0 Å². The zero-order valence-corrected chi connectivity index (χ0v) is 14.6. The minimum absolute atomic E-state index is 0.0288. The maximum absolute atomic E-state index is 12.5. The van der Waals surface area contributed by atoms with Gasteiger partial charge in [-0.05, 0) is 32.9 Å². The third-order valence-electron chi connectivity index (χ3n) is 4.66. The molecule has 1 atom stereocenters. The predicted molar refractivity (Wildman–Crippen MR) is 88.8 cm³/mol. The number of rotatable bonds is 5. The van der Waals surface area contributed by atoms with E-state index in [-0.39, 0.29) is 41.2 Å².